The molecular formula is C17H21N7O. The Balaban J connectivity index is 1.55. The van der Waals surface area contributed by atoms with Gasteiger partial charge in [0.15, 0.2) is 6.10 Å². The zero-order chi connectivity index (χ0) is 17.4. The van der Waals surface area contributed by atoms with E-state index in [-0.39, 0.29) is 0 Å². The minimum atomic E-state index is -0.827. The molecule has 1 aliphatic rings. The molecule has 0 fully saturated rings. The molecule has 0 radical (unpaired) electrons. The number of aliphatic hydroxyl groups excluding tert-OH is 1. The molecule has 1 atom stereocenters. The van der Waals surface area contributed by atoms with Crippen LogP contribution in [0.4, 0.5) is 5.95 Å². The predicted octanol–water partition coefficient (Wildman–Crippen LogP) is 1.07. The average molecular weight is 339 g/mol. The second-order valence-electron chi connectivity index (χ2n) is 6.25. The van der Waals surface area contributed by atoms with E-state index < -0.39 is 6.10 Å². The van der Waals surface area contributed by atoms with E-state index in [1.165, 1.54) is 0 Å². The van der Waals surface area contributed by atoms with Crippen LogP contribution >= 0.6 is 0 Å². The van der Waals surface area contributed by atoms with Crippen LogP contribution in [0.1, 0.15) is 35.8 Å². The number of fused-ring (bicyclic) bond motifs is 1. The summed E-state index contributed by atoms with van der Waals surface area (Å²) in [6.07, 6.45) is 7.35. The van der Waals surface area contributed by atoms with Gasteiger partial charge in [0.25, 0.3) is 0 Å². The highest BCUT2D eigenvalue weighted by Gasteiger charge is 2.24. The van der Waals surface area contributed by atoms with Crippen LogP contribution in [-0.4, -0.2) is 41.0 Å². The first-order valence-electron chi connectivity index (χ1n) is 8.43. The van der Waals surface area contributed by atoms with Crippen LogP contribution in [0.15, 0.2) is 30.9 Å². The minimum Gasteiger partial charge on any atom is -0.379 e. The number of anilines is 1. The molecule has 4 rings (SSSR count). The largest absolute Gasteiger partial charge is 0.379 e. The molecule has 0 saturated heterocycles. The lowest BCUT2D eigenvalue weighted by Crippen LogP contribution is -2.34. The number of nitrogens with zero attached hydrogens (tertiary/aromatic N) is 7. The van der Waals surface area contributed by atoms with Crippen molar-refractivity contribution in [3.05, 3.63) is 53.6 Å². The number of imidazole rings is 1. The molecule has 8 nitrogen and oxygen atoms in total. The Morgan fingerprint density at radius 3 is 2.68 bits per heavy atom. The van der Waals surface area contributed by atoms with Gasteiger partial charge in [0.05, 0.1) is 24.5 Å². The minimum absolute atomic E-state index is 0.589. The van der Waals surface area contributed by atoms with Crippen LogP contribution in [0.5, 0.6) is 0 Å². The van der Waals surface area contributed by atoms with Crippen molar-refractivity contribution in [2.45, 2.75) is 32.5 Å². The van der Waals surface area contributed by atoms with Crippen LogP contribution in [0, 0.1) is 0 Å². The van der Waals surface area contributed by atoms with Crippen LogP contribution in [-0.2, 0) is 26.6 Å². The summed E-state index contributed by atoms with van der Waals surface area (Å²) in [5.74, 6) is 1.32. The van der Waals surface area contributed by atoms with Crippen molar-refractivity contribution in [1.29, 1.82) is 0 Å². The highest BCUT2D eigenvalue weighted by Crippen LogP contribution is 2.23. The first kappa shape index (κ1) is 15.8. The molecule has 0 bridgehead atoms. The Labute approximate surface area is 145 Å². The molecule has 0 aromatic carbocycles. The first-order valence-corrected chi connectivity index (χ1v) is 8.43. The molecule has 0 amide bonds. The number of aromatic nitrogens is 6. The maximum absolute atomic E-state index is 10.6. The van der Waals surface area contributed by atoms with E-state index in [0.29, 0.717) is 18.1 Å². The average Bonchev–Trinajstić information content (AvgIpc) is 3.26. The molecule has 0 aliphatic carbocycles. The second kappa shape index (κ2) is 6.29. The molecule has 0 saturated carbocycles. The summed E-state index contributed by atoms with van der Waals surface area (Å²) in [6.45, 7) is 4.29. The van der Waals surface area contributed by atoms with Gasteiger partial charge in [-0.15, -0.1) is 0 Å². The van der Waals surface area contributed by atoms with Crippen molar-refractivity contribution in [3.8, 4) is 0 Å². The summed E-state index contributed by atoms with van der Waals surface area (Å²) >= 11 is 0. The van der Waals surface area contributed by atoms with Crippen LogP contribution < -0.4 is 4.90 Å². The van der Waals surface area contributed by atoms with Crippen molar-refractivity contribution in [3.63, 3.8) is 0 Å². The van der Waals surface area contributed by atoms with Gasteiger partial charge >= 0.3 is 0 Å². The van der Waals surface area contributed by atoms with Crippen LogP contribution in [0.25, 0.3) is 0 Å². The van der Waals surface area contributed by atoms with E-state index in [9.17, 15) is 5.11 Å². The summed E-state index contributed by atoms with van der Waals surface area (Å²) in [6, 6.07) is 1.94. The number of rotatable bonds is 4. The third kappa shape index (κ3) is 2.89. The number of aryl methyl sites for hydroxylation is 2. The van der Waals surface area contributed by atoms with E-state index in [0.717, 1.165) is 36.7 Å². The molecule has 25 heavy (non-hydrogen) atoms. The molecule has 1 aliphatic heterocycles. The summed E-state index contributed by atoms with van der Waals surface area (Å²) < 4.78 is 3.75. The van der Waals surface area contributed by atoms with E-state index in [1.54, 1.807) is 10.8 Å². The smallest absolute Gasteiger partial charge is 0.225 e. The van der Waals surface area contributed by atoms with E-state index in [1.807, 2.05) is 36.4 Å². The lowest BCUT2D eigenvalue weighted by molar-refractivity contribution is 0.200. The van der Waals surface area contributed by atoms with Crippen LogP contribution in [0.3, 0.4) is 0 Å². The van der Waals surface area contributed by atoms with E-state index >= 15 is 0 Å². The number of hydrogen-bond acceptors (Lipinski definition) is 6. The van der Waals surface area contributed by atoms with Crippen molar-refractivity contribution in [2.24, 2.45) is 7.05 Å². The molecule has 0 spiro atoms. The third-order valence-electron chi connectivity index (χ3n) is 4.58. The fourth-order valence-electron chi connectivity index (χ4n) is 3.06. The summed E-state index contributed by atoms with van der Waals surface area (Å²) in [7, 11) is 1.86. The van der Waals surface area contributed by atoms with Gasteiger partial charge in [-0.3, -0.25) is 4.68 Å². The zero-order valence-corrected chi connectivity index (χ0v) is 14.4. The molecule has 3 aromatic rings. The molecule has 4 heterocycles. The Morgan fingerprint density at radius 2 is 2.00 bits per heavy atom. The maximum Gasteiger partial charge on any atom is 0.225 e. The molecule has 8 heteroatoms. The molecule has 0 unspecified atom stereocenters. The third-order valence-corrected chi connectivity index (χ3v) is 4.58. The molecule has 1 N–H and O–H groups in total. The highest BCUT2D eigenvalue weighted by atomic mass is 16.3. The maximum atomic E-state index is 10.6. The number of aliphatic hydroxyl groups is 1. The topological polar surface area (TPSA) is 84.9 Å². The summed E-state index contributed by atoms with van der Waals surface area (Å²) in [5.41, 5.74) is 2.79. The van der Waals surface area contributed by atoms with Crippen molar-refractivity contribution >= 4 is 5.95 Å². The normalized spacial score (nSPS) is 15.2. The van der Waals surface area contributed by atoms with Gasteiger partial charge in [-0.2, -0.15) is 5.10 Å². The monoisotopic (exact) mass is 339 g/mol. The predicted molar refractivity (Wildman–Crippen MR) is 92.0 cm³/mol. The molecule has 3 aromatic heterocycles. The Kier molecular flexibility index (Phi) is 3.96. The second-order valence-corrected chi connectivity index (χ2v) is 6.25. The highest BCUT2D eigenvalue weighted by molar-refractivity contribution is 5.33. The van der Waals surface area contributed by atoms with Gasteiger partial charge in [-0.25, -0.2) is 15.0 Å². The SMILES string of the molecule is CCc1cnc(N2CCn3nc([C@H](O)c4nccn4C)cc3C2)nc1. The Bertz CT molecular complexity index is 868. The summed E-state index contributed by atoms with van der Waals surface area (Å²) in [5, 5.41) is 15.1. The fourth-order valence-corrected chi connectivity index (χ4v) is 3.06. The molecular weight excluding hydrogens is 318 g/mol. The van der Waals surface area contributed by atoms with Gasteiger partial charge in [-0.1, -0.05) is 6.92 Å². The quantitative estimate of drug-likeness (QED) is 0.765. The van der Waals surface area contributed by atoms with E-state index in [2.05, 4.69) is 31.9 Å². The van der Waals surface area contributed by atoms with Gasteiger partial charge in [0.2, 0.25) is 5.95 Å². The zero-order valence-electron chi connectivity index (χ0n) is 14.4. The number of hydrogen-bond donors (Lipinski definition) is 1. The van der Waals surface area contributed by atoms with Gasteiger partial charge in [-0.05, 0) is 18.1 Å². The lowest BCUT2D eigenvalue weighted by Gasteiger charge is -2.27. The molecule has 130 valence electrons. The standard InChI is InChI=1S/C17H21N7O/c1-3-12-9-19-17(20-10-12)23-6-7-24-13(11-23)8-14(21-24)15(25)16-18-4-5-22(16)2/h4-5,8-10,15,25H,3,6-7,11H2,1-2H3/t15-/m0/s1. The fraction of sp³-hybridized carbons (Fsp3) is 0.412. The Hall–Kier alpha value is -2.74. The lowest BCUT2D eigenvalue weighted by atomic mass is 10.2. The summed E-state index contributed by atoms with van der Waals surface area (Å²) in [4.78, 5) is 15.3. The van der Waals surface area contributed by atoms with Crippen molar-refractivity contribution < 1.29 is 5.11 Å². The van der Waals surface area contributed by atoms with Crippen molar-refractivity contribution in [1.82, 2.24) is 29.3 Å². The van der Waals surface area contributed by atoms with E-state index in [4.69, 9.17) is 0 Å². The first-order chi connectivity index (χ1) is 12.2. The van der Waals surface area contributed by atoms with Gasteiger partial charge in [0, 0.05) is 38.4 Å². The van der Waals surface area contributed by atoms with Gasteiger partial charge < -0.3 is 14.6 Å². The Morgan fingerprint density at radius 1 is 1.20 bits per heavy atom. The van der Waals surface area contributed by atoms with Gasteiger partial charge in [0.1, 0.15) is 5.82 Å². The van der Waals surface area contributed by atoms with Crippen LogP contribution in [0.2, 0.25) is 0 Å². The van der Waals surface area contributed by atoms with Crippen molar-refractivity contribution in [2.75, 3.05) is 11.4 Å².